The summed E-state index contributed by atoms with van der Waals surface area (Å²) in [5.41, 5.74) is 8.46. The Morgan fingerprint density at radius 3 is 2.60 bits per heavy atom. The molecule has 3 rings (SSSR count). The van der Waals surface area contributed by atoms with Gasteiger partial charge in [-0.2, -0.15) is 0 Å². The largest absolute Gasteiger partial charge is 0.383 e. The first-order valence-corrected chi connectivity index (χ1v) is 6.95. The molecular formula is C14H13N5S. The lowest BCUT2D eigenvalue weighted by molar-refractivity contribution is 1.16. The highest BCUT2D eigenvalue weighted by molar-refractivity contribution is 7.15. The molecule has 2 N–H and O–H groups in total. The van der Waals surface area contributed by atoms with Crippen molar-refractivity contribution >= 4 is 17.2 Å². The normalized spacial score (nSPS) is 10.7. The van der Waals surface area contributed by atoms with Crippen molar-refractivity contribution in [2.45, 2.75) is 13.8 Å². The Balaban J connectivity index is 2.11. The van der Waals surface area contributed by atoms with Crippen molar-refractivity contribution in [2.75, 3.05) is 5.73 Å². The maximum Gasteiger partial charge on any atom is 0.163 e. The van der Waals surface area contributed by atoms with Crippen molar-refractivity contribution in [3.8, 4) is 22.0 Å². The van der Waals surface area contributed by atoms with E-state index in [4.69, 9.17) is 5.73 Å². The van der Waals surface area contributed by atoms with E-state index in [1.807, 2.05) is 32.0 Å². The Bertz CT molecular complexity index is 766. The zero-order chi connectivity index (χ0) is 14.1. The molecule has 20 heavy (non-hydrogen) atoms. The topological polar surface area (TPSA) is 77.6 Å². The third-order valence-electron chi connectivity index (χ3n) is 2.87. The molecule has 0 amide bonds. The van der Waals surface area contributed by atoms with Crippen LogP contribution in [0.1, 0.15) is 10.7 Å². The zero-order valence-electron chi connectivity index (χ0n) is 11.2. The van der Waals surface area contributed by atoms with E-state index >= 15 is 0 Å². The number of thiazole rings is 1. The second-order valence-electron chi connectivity index (χ2n) is 4.35. The Morgan fingerprint density at radius 1 is 1.05 bits per heavy atom. The molecule has 100 valence electrons. The molecule has 0 aliphatic carbocycles. The average molecular weight is 283 g/mol. The number of aromatic nitrogens is 4. The van der Waals surface area contributed by atoms with Crippen molar-refractivity contribution in [1.29, 1.82) is 0 Å². The van der Waals surface area contributed by atoms with Gasteiger partial charge in [0.15, 0.2) is 5.82 Å². The Kier molecular flexibility index (Phi) is 3.15. The van der Waals surface area contributed by atoms with Crippen LogP contribution in [0.3, 0.4) is 0 Å². The van der Waals surface area contributed by atoms with E-state index in [0.717, 1.165) is 26.8 Å². The van der Waals surface area contributed by atoms with Crippen LogP contribution in [0.2, 0.25) is 0 Å². The SMILES string of the molecule is Cc1nc(C)c(-c2ccnc(-c3cccnc3N)n2)s1. The van der Waals surface area contributed by atoms with Crippen LogP contribution >= 0.6 is 11.3 Å². The molecule has 0 aliphatic rings. The lowest BCUT2D eigenvalue weighted by Crippen LogP contribution is -1.97. The molecule has 0 fully saturated rings. The van der Waals surface area contributed by atoms with Gasteiger partial charge in [-0.25, -0.2) is 19.9 Å². The summed E-state index contributed by atoms with van der Waals surface area (Å²) < 4.78 is 0. The number of nitrogens with two attached hydrogens (primary N) is 1. The summed E-state index contributed by atoms with van der Waals surface area (Å²) in [7, 11) is 0. The fourth-order valence-electron chi connectivity index (χ4n) is 1.99. The van der Waals surface area contributed by atoms with Gasteiger partial charge in [-0.15, -0.1) is 11.3 Å². The highest BCUT2D eigenvalue weighted by Gasteiger charge is 2.12. The predicted octanol–water partition coefficient (Wildman–Crippen LogP) is 2.86. The van der Waals surface area contributed by atoms with Gasteiger partial charge in [-0.1, -0.05) is 0 Å². The Hall–Kier alpha value is -2.34. The van der Waals surface area contributed by atoms with Crippen LogP contribution in [0.15, 0.2) is 30.6 Å². The summed E-state index contributed by atoms with van der Waals surface area (Å²) >= 11 is 1.63. The summed E-state index contributed by atoms with van der Waals surface area (Å²) in [5.74, 6) is 1.01. The molecule has 0 spiro atoms. The number of hydrogen-bond acceptors (Lipinski definition) is 6. The van der Waals surface area contributed by atoms with E-state index in [0.29, 0.717) is 11.6 Å². The highest BCUT2D eigenvalue weighted by atomic mass is 32.1. The maximum atomic E-state index is 5.87. The minimum Gasteiger partial charge on any atom is -0.383 e. The van der Waals surface area contributed by atoms with Gasteiger partial charge in [0.2, 0.25) is 0 Å². The number of rotatable bonds is 2. The number of anilines is 1. The Morgan fingerprint density at radius 2 is 1.90 bits per heavy atom. The highest BCUT2D eigenvalue weighted by Crippen LogP contribution is 2.29. The van der Waals surface area contributed by atoms with E-state index in [1.165, 1.54) is 0 Å². The number of nitrogen functional groups attached to an aromatic ring is 1. The van der Waals surface area contributed by atoms with Crippen LogP contribution in [-0.2, 0) is 0 Å². The number of nitrogens with zero attached hydrogens (tertiary/aromatic N) is 4. The second-order valence-corrected chi connectivity index (χ2v) is 5.55. The van der Waals surface area contributed by atoms with Crippen molar-refractivity contribution in [3.05, 3.63) is 41.3 Å². The van der Waals surface area contributed by atoms with E-state index in [9.17, 15) is 0 Å². The molecule has 5 nitrogen and oxygen atoms in total. The Labute approximate surface area is 120 Å². The van der Waals surface area contributed by atoms with Crippen LogP contribution in [0.4, 0.5) is 5.82 Å². The van der Waals surface area contributed by atoms with Crippen LogP contribution in [-0.4, -0.2) is 19.9 Å². The molecule has 0 aliphatic heterocycles. The summed E-state index contributed by atoms with van der Waals surface area (Å²) in [6.45, 7) is 3.97. The van der Waals surface area contributed by atoms with Crippen molar-refractivity contribution in [1.82, 2.24) is 19.9 Å². The molecule has 0 saturated carbocycles. The van der Waals surface area contributed by atoms with Crippen LogP contribution in [0, 0.1) is 13.8 Å². The summed E-state index contributed by atoms with van der Waals surface area (Å²) in [6, 6.07) is 5.58. The molecule has 0 aromatic carbocycles. The van der Waals surface area contributed by atoms with Gasteiger partial charge < -0.3 is 5.73 Å². The quantitative estimate of drug-likeness (QED) is 0.782. The molecule has 3 aromatic rings. The molecule has 3 heterocycles. The van der Waals surface area contributed by atoms with E-state index < -0.39 is 0 Å². The third kappa shape index (κ3) is 2.25. The van der Waals surface area contributed by atoms with E-state index in [2.05, 4.69) is 19.9 Å². The molecule has 0 radical (unpaired) electrons. The summed E-state index contributed by atoms with van der Waals surface area (Å²) in [5, 5.41) is 1.03. The van der Waals surface area contributed by atoms with Gasteiger partial charge in [-0.05, 0) is 32.0 Å². The third-order valence-corrected chi connectivity index (χ3v) is 3.97. The lowest BCUT2D eigenvalue weighted by Gasteiger charge is -2.04. The second kappa shape index (κ2) is 4.97. The van der Waals surface area contributed by atoms with Crippen LogP contribution in [0.5, 0.6) is 0 Å². The molecule has 0 atom stereocenters. The van der Waals surface area contributed by atoms with Crippen molar-refractivity contribution < 1.29 is 0 Å². The lowest BCUT2D eigenvalue weighted by atomic mass is 10.2. The van der Waals surface area contributed by atoms with E-state index in [-0.39, 0.29) is 0 Å². The summed E-state index contributed by atoms with van der Waals surface area (Å²) in [4.78, 5) is 18.4. The summed E-state index contributed by atoms with van der Waals surface area (Å²) in [6.07, 6.45) is 3.39. The monoisotopic (exact) mass is 283 g/mol. The molecule has 0 saturated heterocycles. The fourth-order valence-corrected chi connectivity index (χ4v) is 2.88. The standard InChI is InChI=1S/C14H13N5S/c1-8-12(20-9(2)18-8)11-5-7-17-14(19-11)10-4-3-6-16-13(10)15/h3-7H,1-2H3,(H2,15,16). The average Bonchev–Trinajstić information content (AvgIpc) is 2.78. The van der Waals surface area contributed by atoms with Gasteiger partial charge in [0, 0.05) is 12.4 Å². The fraction of sp³-hybridized carbons (Fsp3) is 0.143. The smallest absolute Gasteiger partial charge is 0.163 e. The van der Waals surface area contributed by atoms with Gasteiger partial charge in [0.1, 0.15) is 5.82 Å². The zero-order valence-corrected chi connectivity index (χ0v) is 12.0. The molecule has 6 heteroatoms. The van der Waals surface area contributed by atoms with Crippen LogP contribution < -0.4 is 5.73 Å². The van der Waals surface area contributed by atoms with Crippen molar-refractivity contribution in [3.63, 3.8) is 0 Å². The maximum absolute atomic E-state index is 5.87. The molecule has 0 unspecified atom stereocenters. The van der Waals surface area contributed by atoms with Gasteiger partial charge in [0.25, 0.3) is 0 Å². The first-order valence-electron chi connectivity index (χ1n) is 6.13. The minimum absolute atomic E-state index is 0.432. The molecule has 3 aromatic heterocycles. The molecular weight excluding hydrogens is 270 g/mol. The predicted molar refractivity (Wildman–Crippen MR) is 80.3 cm³/mol. The molecule has 0 bridgehead atoms. The van der Waals surface area contributed by atoms with Gasteiger partial charge in [-0.3, -0.25) is 0 Å². The van der Waals surface area contributed by atoms with Crippen LogP contribution in [0.25, 0.3) is 22.0 Å². The van der Waals surface area contributed by atoms with Crippen molar-refractivity contribution in [2.24, 2.45) is 0 Å². The van der Waals surface area contributed by atoms with Gasteiger partial charge >= 0.3 is 0 Å². The van der Waals surface area contributed by atoms with Gasteiger partial charge in [0.05, 0.1) is 26.8 Å². The number of pyridine rings is 1. The number of aryl methyl sites for hydroxylation is 2. The van der Waals surface area contributed by atoms with E-state index in [1.54, 1.807) is 23.7 Å². The number of hydrogen-bond donors (Lipinski definition) is 1. The minimum atomic E-state index is 0.432. The first-order chi connectivity index (χ1) is 9.65. The first kappa shape index (κ1) is 12.7.